The topological polar surface area (TPSA) is 3.24 Å². The maximum absolute atomic E-state index is 2.38. The van der Waals surface area contributed by atoms with Crippen LogP contribution in [0.1, 0.15) is 27.2 Å². The Morgan fingerprint density at radius 3 is 2.10 bits per heavy atom. The summed E-state index contributed by atoms with van der Waals surface area (Å²) in [5, 5.41) is 0. The summed E-state index contributed by atoms with van der Waals surface area (Å²) in [4.78, 5) is 2.38. The molecule has 0 saturated heterocycles. The number of nitrogens with zero attached hydrogens (tertiary/aromatic N) is 1. The van der Waals surface area contributed by atoms with E-state index < -0.39 is 0 Å². The molecule has 0 fully saturated rings. The van der Waals surface area contributed by atoms with Crippen LogP contribution in [0.15, 0.2) is 0 Å². The summed E-state index contributed by atoms with van der Waals surface area (Å²) < 4.78 is 0. The molecule has 2 heteroatoms. The fraction of sp³-hybridized carbons (Fsp3) is 1.00. The predicted octanol–water partition coefficient (Wildman–Crippen LogP) is 1.98. The van der Waals surface area contributed by atoms with E-state index in [0.29, 0.717) is 0 Å². The van der Waals surface area contributed by atoms with E-state index in [9.17, 15) is 0 Å². The van der Waals surface area contributed by atoms with Gasteiger partial charge in [-0.25, -0.2) is 0 Å². The van der Waals surface area contributed by atoms with Crippen LogP contribution in [0.4, 0.5) is 0 Å². The van der Waals surface area contributed by atoms with Crippen molar-refractivity contribution in [3.63, 3.8) is 0 Å². The molecule has 0 aliphatic rings. The number of hydrogen-bond acceptors (Lipinski definition) is 1. The van der Waals surface area contributed by atoms with E-state index in [1.807, 2.05) is 0 Å². The van der Waals surface area contributed by atoms with E-state index in [1.165, 1.54) is 19.5 Å². The van der Waals surface area contributed by atoms with Gasteiger partial charge in [0, 0.05) is 25.1 Å². The van der Waals surface area contributed by atoms with Crippen LogP contribution in [0, 0.1) is 5.92 Å². The largest absolute Gasteiger partial charge is 0.306 e. The van der Waals surface area contributed by atoms with Crippen molar-refractivity contribution >= 4 is 0 Å². The van der Waals surface area contributed by atoms with Gasteiger partial charge in [-0.3, -0.25) is 0 Å². The molecule has 0 aromatic heterocycles. The number of hydrogen-bond donors (Lipinski definition) is 0. The monoisotopic (exact) mass is 180 g/mol. The van der Waals surface area contributed by atoms with Crippen LogP contribution in [0.5, 0.6) is 0 Å². The fourth-order valence-electron chi connectivity index (χ4n) is 1.10. The van der Waals surface area contributed by atoms with Crippen molar-refractivity contribution in [2.24, 2.45) is 5.92 Å². The first-order valence-electron chi connectivity index (χ1n) is 3.85. The van der Waals surface area contributed by atoms with E-state index >= 15 is 0 Å². The molecule has 0 aromatic carbocycles. The third-order valence-electron chi connectivity index (χ3n) is 1.28. The first-order chi connectivity index (χ1) is 4.16. The molecule has 0 aromatic rings. The van der Waals surface area contributed by atoms with Gasteiger partial charge < -0.3 is 4.90 Å². The smallest absolute Gasteiger partial charge is 0.000133 e. The van der Waals surface area contributed by atoms with E-state index in [2.05, 4.69) is 32.7 Å². The number of rotatable bonds is 4. The normalized spacial score (nSPS) is 10.2. The molecule has 0 amide bonds. The zero-order valence-electron chi connectivity index (χ0n) is 7.59. The van der Waals surface area contributed by atoms with Gasteiger partial charge >= 0.3 is 0 Å². The van der Waals surface area contributed by atoms with Gasteiger partial charge in [0.15, 0.2) is 0 Å². The molecule has 0 saturated carbocycles. The molecule has 61 valence electrons. The van der Waals surface area contributed by atoms with Gasteiger partial charge in [0.05, 0.1) is 0 Å². The minimum absolute atomic E-state index is 0. The van der Waals surface area contributed by atoms with Crippen LogP contribution in [-0.4, -0.2) is 25.0 Å². The summed E-state index contributed by atoms with van der Waals surface area (Å²) >= 11 is 0. The van der Waals surface area contributed by atoms with Crippen molar-refractivity contribution in [2.75, 3.05) is 20.1 Å². The molecule has 0 aliphatic heterocycles. The summed E-state index contributed by atoms with van der Waals surface area (Å²) in [5.41, 5.74) is 0. The Morgan fingerprint density at radius 2 is 1.80 bits per heavy atom. The first kappa shape index (κ1) is 13.2. The Bertz CT molecular complexity index is 64.3. The molecule has 0 N–H and O–H groups in total. The molecule has 0 spiro atoms. The summed E-state index contributed by atoms with van der Waals surface area (Å²) in [6.07, 6.45) is 1.27. The third kappa shape index (κ3) is 8.54. The second kappa shape index (κ2) is 7.65. The van der Waals surface area contributed by atoms with Crippen LogP contribution in [0.3, 0.4) is 0 Å². The van der Waals surface area contributed by atoms with E-state index in [1.54, 1.807) is 0 Å². The van der Waals surface area contributed by atoms with Crippen LogP contribution in [0.25, 0.3) is 0 Å². The van der Waals surface area contributed by atoms with Crippen molar-refractivity contribution in [2.45, 2.75) is 27.2 Å². The second-order valence-corrected chi connectivity index (χ2v) is 3.16. The quantitative estimate of drug-likeness (QED) is 0.639. The molecule has 0 rings (SSSR count). The average Bonchev–Trinajstić information content (AvgIpc) is 1.63. The zero-order valence-corrected chi connectivity index (χ0v) is 8.99. The standard InChI is InChI=1S/C8H19N.V/c1-5-6-9(4)7-8(2)3;/h8H,5-7H2,1-4H3;. The van der Waals surface area contributed by atoms with E-state index in [-0.39, 0.29) is 18.6 Å². The average molecular weight is 180 g/mol. The van der Waals surface area contributed by atoms with E-state index in [0.717, 1.165) is 5.92 Å². The van der Waals surface area contributed by atoms with Crippen molar-refractivity contribution in [3.05, 3.63) is 0 Å². The van der Waals surface area contributed by atoms with Gasteiger partial charge in [0.25, 0.3) is 0 Å². The zero-order chi connectivity index (χ0) is 7.28. The van der Waals surface area contributed by atoms with Crippen molar-refractivity contribution in [1.29, 1.82) is 0 Å². The summed E-state index contributed by atoms with van der Waals surface area (Å²) in [6.45, 7) is 9.20. The van der Waals surface area contributed by atoms with Gasteiger partial charge in [-0.2, -0.15) is 0 Å². The van der Waals surface area contributed by atoms with Crippen LogP contribution in [0.2, 0.25) is 0 Å². The van der Waals surface area contributed by atoms with Crippen molar-refractivity contribution in [3.8, 4) is 0 Å². The molecule has 1 radical (unpaired) electrons. The van der Waals surface area contributed by atoms with Crippen LogP contribution in [-0.2, 0) is 18.6 Å². The Labute approximate surface area is 77.1 Å². The minimum Gasteiger partial charge on any atom is -0.306 e. The van der Waals surface area contributed by atoms with Gasteiger partial charge in [-0.05, 0) is 25.9 Å². The van der Waals surface area contributed by atoms with Crippen LogP contribution >= 0.6 is 0 Å². The molecule has 1 nitrogen and oxygen atoms in total. The Hall–Kier alpha value is 0.544. The molecule has 10 heavy (non-hydrogen) atoms. The van der Waals surface area contributed by atoms with Gasteiger partial charge in [0.1, 0.15) is 0 Å². The predicted molar refractivity (Wildman–Crippen MR) is 42.6 cm³/mol. The van der Waals surface area contributed by atoms with Crippen molar-refractivity contribution < 1.29 is 18.6 Å². The molecule has 0 bridgehead atoms. The van der Waals surface area contributed by atoms with E-state index in [4.69, 9.17) is 0 Å². The maximum Gasteiger partial charge on any atom is 0.000133 e. The first-order valence-corrected chi connectivity index (χ1v) is 3.85. The second-order valence-electron chi connectivity index (χ2n) is 3.16. The fourth-order valence-corrected chi connectivity index (χ4v) is 1.10. The molecule has 0 atom stereocenters. The van der Waals surface area contributed by atoms with Crippen molar-refractivity contribution in [1.82, 2.24) is 4.90 Å². The van der Waals surface area contributed by atoms with Gasteiger partial charge in [-0.15, -0.1) is 0 Å². The maximum atomic E-state index is 2.38. The molecule has 0 heterocycles. The summed E-state index contributed by atoms with van der Waals surface area (Å²) in [5.74, 6) is 0.807. The third-order valence-corrected chi connectivity index (χ3v) is 1.28. The summed E-state index contributed by atoms with van der Waals surface area (Å²) in [7, 11) is 2.18. The van der Waals surface area contributed by atoms with Gasteiger partial charge in [-0.1, -0.05) is 20.8 Å². The molecular weight excluding hydrogens is 161 g/mol. The van der Waals surface area contributed by atoms with Gasteiger partial charge in [0.2, 0.25) is 0 Å². The SMILES string of the molecule is CCCN(C)CC(C)C.[V]. The Kier molecular flexibility index (Phi) is 10.1. The summed E-state index contributed by atoms with van der Waals surface area (Å²) in [6, 6.07) is 0. The Morgan fingerprint density at radius 1 is 1.30 bits per heavy atom. The Balaban J connectivity index is 0. The molecular formula is C8H19NV. The molecule has 0 unspecified atom stereocenters. The van der Waals surface area contributed by atoms with Crippen LogP contribution < -0.4 is 0 Å². The minimum atomic E-state index is 0. The molecule has 0 aliphatic carbocycles.